The Morgan fingerprint density at radius 1 is 1.83 bits per heavy atom. The number of alkyl halides is 1. The van der Waals surface area contributed by atoms with E-state index >= 15 is 0 Å². The number of carbonyl (C=O) groups excluding carboxylic acids is 1. The Morgan fingerprint density at radius 3 is 2.92 bits per heavy atom. The first-order valence-corrected chi connectivity index (χ1v) is 4.00. The molecule has 5 heteroatoms. The van der Waals surface area contributed by atoms with Gasteiger partial charge >= 0.3 is 0 Å². The maximum atomic E-state index is 10.4. The molecule has 0 saturated carbocycles. The molecule has 1 aromatic heterocycles. The standard InChI is InChI=1S/C7H9ClN2O2/c1-5-6(7(11)12)4-9-10(5)3-2-8/h4H,2-3H2,1H3,(H,11,12)/p-1. The molecule has 0 saturated heterocycles. The predicted molar refractivity (Wildman–Crippen MR) is 42.0 cm³/mol. The summed E-state index contributed by atoms with van der Waals surface area (Å²) in [6.45, 7) is 2.19. The lowest BCUT2D eigenvalue weighted by Crippen LogP contribution is -2.22. The number of nitrogens with zero attached hydrogens (tertiary/aromatic N) is 2. The predicted octanol–water partition coefficient (Wildman–Crippen LogP) is -0.206. The minimum Gasteiger partial charge on any atom is -0.545 e. The van der Waals surface area contributed by atoms with E-state index in [1.54, 1.807) is 6.92 Å². The molecule has 1 heterocycles. The van der Waals surface area contributed by atoms with Gasteiger partial charge in [0.15, 0.2) is 0 Å². The molecule has 66 valence electrons. The molecule has 1 aromatic rings. The van der Waals surface area contributed by atoms with E-state index in [9.17, 15) is 9.90 Å². The summed E-state index contributed by atoms with van der Waals surface area (Å²) in [6, 6.07) is 0. The smallest absolute Gasteiger partial charge is 0.0749 e. The molecule has 0 aliphatic rings. The van der Waals surface area contributed by atoms with Gasteiger partial charge in [0, 0.05) is 17.1 Å². The molecule has 0 bridgehead atoms. The molecule has 0 amide bonds. The van der Waals surface area contributed by atoms with E-state index in [-0.39, 0.29) is 5.56 Å². The third kappa shape index (κ3) is 1.58. The average molecular weight is 188 g/mol. The molecule has 0 aliphatic carbocycles. The number of aromatic nitrogens is 2. The minimum atomic E-state index is -1.20. The summed E-state index contributed by atoms with van der Waals surface area (Å²) >= 11 is 5.47. The molecular formula is C7H8ClN2O2-. The number of halogens is 1. The summed E-state index contributed by atoms with van der Waals surface area (Å²) in [7, 11) is 0. The first-order chi connectivity index (χ1) is 5.66. The van der Waals surface area contributed by atoms with Crippen LogP contribution in [0.15, 0.2) is 6.20 Å². The second kappa shape index (κ2) is 3.58. The van der Waals surface area contributed by atoms with Crippen LogP contribution in [0, 0.1) is 6.92 Å². The van der Waals surface area contributed by atoms with E-state index in [1.807, 2.05) is 0 Å². The van der Waals surface area contributed by atoms with E-state index in [0.29, 0.717) is 18.1 Å². The van der Waals surface area contributed by atoms with E-state index < -0.39 is 5.97 Å². The highest BCUT2D eigenvalue weighted by molar-refractivity contribution is 6.17. The number of aromatic carboxylic acids is 1. The Kier molecular flexibility index (Phi) is 2.70. The van der Waals surface area contributed by atoms with Crippen molar-refractivity contribution in [1.82, 2.24) is 9.78 Å². The summed E-state index contributed by atoms with van der Waals surface area (Å²) < 4.78 is 1.54. The van der Waals surface area contributed by atoms with Crippen LogP contribution in [0.1, 0.15) is 16.1 Å². The molecular weight excluding hydrogens is 180 g/mol. The molecule has 0 spiro atoms. The maximum absolute atomic E-state index is 10.4. The number of aryl methyl sites for hydroxylation is 1. The van der Waals surface area contributed by atoms with Crippen LogP contribution in [0.2, 0.25) is 0 Å². The van der Waals surface area contributed by atoms with Crippen LogP contribution in [-0.2, 0) is 6.54 Å². The van der Waals surface area contributed by atoms with Crippen molar-refractivity contribution in [3.05, 3.63) is 17.5 Å². The van der Waals surface area contributed by atoms with Crippen molar-refractivity contribution in [1.29, 1.82) is 0 Å². The quantitative estimate of drug-likeness (QED) is 0.616. The molecule has 0 aliphatic heterocycles. The van der Waals surface area contributed by atoms with Crippen molar-refractivity contribution < 1.29 is 9.90 Å². The van der Waals surface area contributed by atoms with Crippen LogP contribution in [0.25, 0.3) is 0 Å². The van der Waals surface area contributed by atoms with Crippen molar-refractivity contribution in [3.8, 4) is 0 Å². The Morgan fingerprint density at radius 2 is 2.50 bits per heavy atom. The van der Waals surface area contributed by atoms with Gasteiger partial charge in [0.2, 0.25) is 0 Å². The van der Waals surface area contributed by atoms with E-state index in [1.165, 1.54) is 10.9 Å². The van der Waals surface area contributed by atoms with Gasteiger partial charge in [-0.25, -0.2) is 0 Å². The van der Waals surface area contributed by atoms with Gasteiger partial charge in [-0.05, 0) is 6.92 Å². The summed E-state index contributed by atoms with van der Waals surface area (Å²) in [4.78, 5) is 10.4. The number of hydrogen-bond acceptors (Lipinski definition) is 3. The molecule has 0 aromatic carbocycles. The number of carbonyl (C=O) groups is 1. The lowest BCUT2D eigenvalue weighted by Gasteiger charge is -2.02. The molecule has 0 atom stereocenters. The first-order valence-electron chi connectivity index (χ1n) is 3.46. The summed E-state index contributed by atoms with van der Waals surface area (Å²) in [5, 5.41) is 14.3. The van der Waals surface area contributed by atoms with Gasteiger partial charge in [0.25, 0.3) is 0 Å². The van der Waals surface area contributed by atoms with Crippen molar-refractivity contribution in [2.45, 2.75) is 13.5 Å². The second-order valence-corrected chi connectivity index (χ2v) is 2.72. The lowest BCUT2D eigenvalue weighted by molar-refractivity contribution is -0.255. The Labute approximate surface area is 74.8 Å². The van der Waals surface area contributed by atoms with E-state index in [4.69, 9.17) is 11.6 Å². The molecule has 0 fully saturated rings. The van der Waals surface area contributed by atoms with E-state index in [2.05, 4.69) is 5.10 Å². The summed E-state index contributed by atoms with van der Waals surface area (Å²) in [6.07, 6.45) is 1.28. The Hall–Kier alpha value is -1.03. The van der Waals surface area contributed by atoms with Gasteiger partial charge < -0.3 is 9.90 Å². The summed E-state index contributed by atoms with van der Waals surface area (Å²) in [5.74, 6) is -0.789. The highest BCUT2D eigenvalue weighted by atomic mass is 35.5. The van der Waals surface area contributed by atoms with Crippen LogP contribution in [0.3, 0.4) is 0 Å². The van der Waals surface area contributed by atoms with Crippen molar-refractivity contribution >= 4 is 17.6 Å². The maximum Gasteiger partial charge on any atom is 0.0749 e. The minimum absolute atomic E-state index is 0.125. The zero-order chi connectivity index (χ0) is 9.14. The van der Waals surface area contributed by atoms with Gasteiger partial charge in [-0.2, -0.15) is 5.10 Å². The second-order valence-electron chi connectivity index (χ2n) is 2.34. The molecule has 12 heavy (non-hydrogen) atoms. The monoisotopic (exact) mass is 187 g/mol. The van der Waals surface area contributed by atoms with Gasteiger partial charge in [-0.15, -0.1) is 11.6 Å². The molecule has 1 rings (SSSR count). The number of rotatable bonds is 3. The third-order valence-corrected chi connectivity index (χ3v) is 1.79. The van der Waals surface area contributed by atoms with Crippen molar-refractivity contribution in [3.63, 3.8) is 0 Å². The molecule has 0 unspecified atom stereocenters. The SMILES string of the molecule is Cc1c(C(=O)[O-])cnn1CCCl. The fourth-order valence-corrected chi connectivity index (χ4v) is 1.11. The van der Waals surface area contributed by atoms with Crippen LogP contribution >= 0.6 is 11.6 Å². The van der Waals surface area contributed by atoms with Gasteiger partial charge in [0.05, 0.1) is 18.7 Å². The third-order valence-electron chi connectivity index (χ3n) is 1.62. The van der Waals surface area contributed by atoms with Crippen molar-refractivity contribution in [2.24, 2.45) is 0 Å². The van der Waals surface area contributed by atoms with Crippen LogP contribution in [0.5, 0.6) is 0 Å². The topological polar surface area (TPSA) is 57.9 Å². The highest BCUT2D eigenvalue weighted by Crippen LogP contribution is 2.05. The average Bonchev–Trinajstić information content (AvgIpc) is 2.34. The van der Waals surface area contributed by atoms with Crippen molar-refractivity contribution in [2.75, 3.05) is 5.88 Å². The number of carboxylic acids is 1. The number of hydrogen-bond donors (Lipinski definition) is 0. The normalized spacial score (nSPS) is 10.2. The Bertz CT molecular complexity index is 296. The first kappa shape index (κ1) is 9.06. The van der Waals surface area contributed by atoms with Gasteiger partial charge in [-0.1, -0.05) is 0 Å². The molecule has 0 N–H and O–H groups in total. The van der Waals surface area contributed by atoms with Gasteiger partial charge in [0.1, 0.15) is 0 Å². The Balaban J connectivity index is 2.96. The molecule has 4 nitrogen and oxygen atoms in total. The van der Waals surface area contributed by atoms with E-state index in [0.717, 1.165) is 0 Å². The zero-order valence-corrected chi connectivity index (χ0v) is 7.34. The summed E-state index contributed by atoms with van der Waals surface area (Å²) in [5.41, 5.74) is 0.704. The molecule has 0 radical (unpaired) electrons. The largest absolute Gasteiger partial charge is 0.545 e. The zero-order valence-electron chi connectivity index (χ0n) is 6.58. The van der Waals surface area contributed by atoms with Crippen LogP contribution in [0.4, 0.5) is 0 Å². The fraction of sp³-hybridized carbons (Fsp3) is 0.429. The lowest BCUT2D eigenvalue weighted by atomic mass is 10.3. The van der Waals surface area contributed by atoms with Crippen LogP contribution in [-0.4, -0.2) is 21.6 Å². The fourth-order valence-electron chi connectivity index (χ4n) is 0.952. The highest BCUT2D eigenvalue weighted by Gasteiger charge is 2.05. The number of carboxylic acid groups (broad SMARTS) is 1. The van der Waals surface area contributed by atoms with Crippen LogP contribution < -0.4 is 5.11 Å². The van der Waals surface area contributed by atoms with Gasteiger partial charge in [-0.3, -0.25) is 4.68 Å².